The van der Waals surface area contributed by atoms with Crippen molar-refractivity contribution in [3.63, 3.8) is 0 Å². The Labute approximate surface area is 125 Å². The number of benzene rings is 2. The molecule has 3 aromatic rings. The van der Waals surface area contributed by atoms with Crippen LogP contribution in [0.2, 0.25) is 0 Å². The molecule has 0 saturated carbocycles. The number of nitrogens with two attached hydrogens (primary N) is 1. The van der Waals surface area contributed by atoms with E-state index in [4.69, 9.17) is 5.73 Å². The van der Waals surface area contributed by atoms with E-state index in [9.17, 15) is 0 Å². The van der Waals surface area contributed by atoms with E-state index in [1.807, 2.05) is 48.5 Å². The molecule has 20 heavy (non-hydrogen) atoms. The first-order valence-corrected chi connectivity index (χ1v) is 7.02. The Morgan fingerprint density at radius 2 is 1.60 bits per heavy atom. The van der Waals surface area contributed by atoms with Crippen molar-refractivity contribution in [3.8, 4) is 0 Å². The third-order valence-electron chi connectivity index (χ3n) is 2.97. The molecule has 0 amide bonds. The van der Waals surface area contributed by atoms with Gasteiger partial charge in [0, 0.05) is 11.0 Å². The first-order valence-electron chi connectivity index (χ1n) is 6.23. The van der Waals surface area contributed by atoms with Crippen LogP contribution >= 0.6 is 15.9 Å². The van der Waals surface area contributed by atoms with Gasteiger partial charge in [-0.25, -0.2) is 9.97 Å². The van der Waals surface area contributed by atoms with E-state index in [-0.39, 0.29) is 0 Å². The number of hydrogen-bond donors (Lipinski definition) is 2. The standard InChI is InChI=1S/C15H13BrN4/c16-11-7-5-10(6-8-11)9-18-15-14(17)19-12-3-1-2-4-13(12)20-15/h1-8H,9H2,(H2,17,19)(H,18,20). The molecule has 0 bridgehead atoms. The minimum Gasteiger partial charge on any atom is -0.381 e. The number of nitrogens with one attached hydrogen (secondary N) is 1. The molecule has 0 spiro atoms. The maximum Gasteiger partial charge on any atom is 0.169 e. The van der Waals surface area contributed by atoms with Crippen molar-refractivity contribution in [2.45, 2.75) is 6.54 Å². The molecule has 100 valence electrons. The van der Waals surface area contributed by atoms with Crippen molar-refractivity contribution in [1.29, 1.82) is 0 Å². The zero-order valence-corrected chi connectivity index (χ0v) is 12.3. The predicted molar refractivity (Wildman–Crippen MR) is 85.4 cm³/mol. The second-order valence-corrected chi connectivity index (χ2v) is 5.34. The van der Waals surface area contributed by atoms with Crippen LogP contribution in [0.1, 0.15) is 5.56 Å². The number of nitrogens with zero attached hydrogens (tertiary/aromatic N) is 2. The van der Waals surface area contributed by atoms with Crippen molar-refractivity contribution in [2.24, 2.45) is 0 Å². The normalized spacial score (nSPS) is 10.7. The lowest BCUT2D eigenvalue weighted by molar-refractivity contribution is 1.11. The van der Waals surface area contributed by atoms with Gasteiger partial charge in [0.15, 0.2) is 11.6 Å². The summed E-state index contributed by atoms with van der Waals surface area (Å²) >= 11 is 3.42. The average molecular weight is 329 g/mol. The second-order valence-electron chi connectivity index (χ2n) is 4.43. The van der Waals surface area contributed by atoms with Crippen molar-refractivity contribution in [1.82, 2.24) is 9.97 Å². The van der Waals surface area contributed by atoms with Crippen LogP contribution in [0.3, 0.4) is 0 Å². The predicted octanol–water partition coefficient (Wildman–Crippen LogP) is 3.59. The summed E-state index contributed by atoms with van der Waals surface area (Å²) < 4.78 is 1.06. The summed E-state index contributed by atoms with van der Waals surface area (Å²) in [6, 6.07) is 15.8. The second kappa shape index (κ2) is 5.46. The highest BCUT2D eigenvalue weighted by atomic mass is 79.9. The maximum atomic E-state index is 5.93. The van der Waals surface area contributed by atoms with Crippen molar-refractivity contribution < 1.29 is 0 Å². The van der Waals surface area contributed by atoms with Crippen LogP contribution in [0.25, 0.3) is 11.0 Å². The van der Waals surface area contributed by atoms with Gasteiger partial charge in [0.2, 0.25) is 0 Å². The summed E-state index contributed by atoms with van der Waals surface area (Å²) in [4.78, 5) is 8.85. The highest BCUT2D eigenvalue weighted by Gasteiger charge is 2.05. The molecule has 4 nitrogen and oxygen atoms in total. The van der Waals surface area contributed by atoms with Crippen molar-refractivity contribution in [3.05, 3.63) is 58.6 Å². The van der Waals surface area contributed by atoms with Crippen molar-refractivity contribution >= 4 is 38.6 Å². The molecule has 1 heterocycles. The van der Waals surface area contributed by atoms with Gasteiger partial charge in [-0.05, 0) is 29.8 Å². The van der Waals surface area contributed by atoms with E-state index in [2.05, 4.69) is 31.2 Å². The summed E-state index contributed by atoms with van der Waals surface area (Å²) in [6.45, 7) is 0.657. The molecule has 1 aromatic heterocycles. The smallest absolute Gasteiger partial charge is 0.169 e. The first-order chi connectivity index (χ1) is 9.72. The first kappa shape index (κ1) is 12.9. The third-order valence-corrected chi connectivity index (χ3v) is 3.50. The Bertz CT molecular complexity index is 740. The van der Waals surface area contributed by atoms with Gasteiger partial charge in [-0.15, -0.1) is 0 Å². The van der Waals surface area contributed by atoms with Gasteiger partial charge in [-0.3, -0.25) is 0 Å². The Kier molecular flexibility index (Phi) is 3.52. The number of fused-ring (bicyclic) bond motifs is 1. The Balaban J connectivity index is 1.83. The molecule has 0 saturated heterocycles. The summed E-state index contributed by atoms with van der Waals surface area (Å²) in [5.41, 5.74) is 8.72. The van der Waals surface area contributed by atoms with Crippen LogP contribution in [0, 0.1) is 0 Å². The Hall–Kier alpha value is -2.14. The maximum absolute atomic E-state index is 5.93. The minimum absolute atomic E-state index is 0.417. The Morgan fingerprint density at radius 3 is 2.30 bits per heavy atom. The summed E-state index contributed by atoms with van der Waals surface area (Å²) in [6.07, 6.45) is 0. The molecule has 0 fully saturated rings. The van der Waals surface area contributed by atoms with Gasteiger partial charge in [0.05, 0.1) is 11.0 Å². The van der Waals surface area contributed by atoms with Gasteiger partial charge in [-0.1, -0.05) is 40.2 Å². The van der Waals surface area contributed by atoms with E-state index < -0.39 is 0 Å². The molecule has 5 heteroatoms. The van der Waals surface area contributed by atoms with Crippen LogP contribution < -0.4 is 11.1 Å². The van der Waals surface area contributed by atoms with Gasteiger partial charge in [0.1, 0.15) is 0 Å². The molecule has 3 rings (SSSR count). The van der Waals surface area contributed by atoms with Gasteiger partial charge < -0.3 is 11.1 Å². The number of anilines is 2. The van der Waals surface area contributed by atoms with Gasteiger partial charge in [-0.2, -0.15) is 0 Å². The largest absolute Gasteiger partial charge is 0.381 e. The lowest BCUT2D eigenvalue weighted by Crippen LogP contribution is -2.06. The highest BCUT2D eigenvalue weighted by Crippen LogP contribution is 2.19. The lowest BCUT2D eigenvalue weighted by atomic mass is 10.2. The highest BCUT2D eigenvalue weighted by molar-refractivity contribution is 9.10. The van der Waals surface area contributed by atoms with Crippen LogP contribution in [0.4, 0.5) is 11.6 Å². The number of nitrogen functional groups attached to an aromatic ring is 1. The van der Waals surface area contributed by atoms with E-state index in [1.54, 1.807) is 0 Å². The van der Waals surface area contributed by atoms with E-state index in [0.717, 1.165) is 21.1 Å². The average Bonchev–Trinajstić information content (AvgIpc) is 2.47. The number of aromatic nitrogens is 2. The van der Waals surface area contributed by atoms with Crippen LogP contribution in [-0.2, 0) is 6.54 Å². The lowest BCUT2D eigenvalue weighted by Gasteiger charge is -2.09. The van der Waals surface area contributed by atoms with E-state index in [1.165, 1.54) is 0 Å². The third kappa shape index (κ3) is 2.72. The zero-order chi connectivity index (χ0) is 13.9. The topological polar surface area (TPSA) is 63.8 Å². The molecule has 0 unspecified atom stereocenters. The fourth-order valence-electron chi connectivity index (χ4n) is 1.93. The molecule has 0 atom stereocenters. The molecular weight excluding hydrogens is 316 g/mol. The Morgan fingerprint density at radius 1 is 0.950 bits per heavy atom. The SMILES string of the molecule is Nc1nc2ccccc2nc1NCc1ccc(Br)cc1. The van der Waals surface area contributed by atoms with E-state index >= 15 is 0 Å². The molecule has 0 aliphatic carbocycles. The number of para-hydroxylation sites is 2. The number of rotatable bonds is 3. The molecule has 0 radical (unpaired) electrons. The molecule has 0 aliphatic heterocycles. The summed E-state index contributed by atoms with van der Waals surface area (Å²) in [5.74, 6) is 1.03. The molecule has 0 aliphatic rings. The minimum atomic E-state index is 0.417. The van der Waals surface area contributed by atoms with Crippen LogP contribution in [0.5, 0.6) is 0 Å². The fraction of sp³-hybridized carbons (Fsp3) is 0.0667. The summed E-state index contributed by atoms with van der Waals surface area (Å²) in [7, 11) is 0. The summed E-state index contributed by atoms with van der Waals surface area (Å²) in [5, 5.41) is 3.23. The van der Waals surface area contributed by atoms with Crippen molar-refractivity contribution in [2.75, 3.05) is 11.1 Å². The van der Waals surface area contributed by atoms with Crippen LogP contribution in [0.15, 0.2) is 53.0 Å². The van der Waals surface area contributed by atoms with Crippen LogP contribution in [-0.4, -0.2) is 9.97 Å². The quantitative estimate of drug-likeness (QED) is 0.771. The fourth-order valence-corrected chi connectivity index (χ4v) is 2.20. The number of hydrogen-bond acceptors (Lipinski definition) is 4. The number of halogens is 1. The zero-order valence-electron chi connectivity index (χ0n) is 10.7. The molecule has 2 aromatic carbocycles. The van der Waals surface area contributed by atoms with E-state index in [0.29, 0.717) is 18.2 Å². The molecular formula is C15H13BrN4. The monoisotopic (exact) mass is 328 g/mol. The van der Waals surface area contributed by atoms with Gasteiger partial charge in [0.25, 0.3) is 0 Å². The van der Waals surface area contributed by atoms with Gasteiger partial charge >= 0.3 is 0 Å². The molecule has 3 N–H and O–H groups in total.